The van der Waals surface area contributed by atoms with Gasteiger partial charge >= 0.3 is 11.9 Å². The molecule has 0 aromatic heterocycles. The normalized spacial score (nSPS) is 12.6. The lowest BCUT2D eigenvalue weighted by atomic mass is 10.0. The fourth-order valence-electron chi connectivity index (χ4n) is 7.91. The average molecular weight is 895 g/mol. The second-order valence-corrected chi connectivity index (χ2v) is 18.5. The van der Waals surface area contributed by atoms with Crippen molar-refractivity contribution in [1.82, 2.24) is 0 Å². The minimum absolute atomic E-state index is 0.0677. The molecule has 0 aliphatic rings. The Morgan fingerprint density at radius 2 is 0.703 bits per heavy atom. The Kier molecular flexibility index (Phi) is 52.9. The van der Waals surface area contributed by atoms with Gasteiger partial charge in [-0.05, 0) is 83.5 Å². The van der Waals surface area contributed by atoms with E-state index < -0.39 is 6.10 Å². The molecule has 0 aromatic carbocycles. The molecule has 0 fully saturated rings. The fourth-order valence-corrected chi connectivity index (χ4v) is 7.91. The first-order chi connectivity index (χ1) is 31.6. The molecule has 0 rings (SSSR count). The molecular weight excluding hydrogens is 789 g/mol. The summed E-state index contributed by atoms with van der Waals surface area (Å²) in [5, 5.41) is 0. The molecule has 5 heteroatoms. The van der Waals surface area contributed by atoms with Gasteiger partial charge in [0.15, 0.2) is 6.10 Å². The predicted octanol–water partition coefficient (Wildman–Crippen LogP) is 18.9. The zero-order valence-electron chi connectivity index (χ0n) is 42.8. The quantitative estimate of drug-likeness (QED) is 0.0346. The first-order valence-electron chi connectivity index (χ1n) is 27.8. The van der Waals surface area contributed by atoms with E-state index in [4.69, 9.17) is 14.2 Å². The Morgan fingerprint density at radius 3 is 1.17 bits per heavy atom. The van der Waals surface area contributed by atoms with E-state index >= 15 is 0 Å². The third-order valence-electron chi connectivity index (χ3n) is 12.0. The number of rotatable bonds is 51. The van der Waals surface area contributed by atoms with Crippen LogP contribution in [0.25, 0.3) is 0 Å². The number of carbonyl (C=O) groups is 2. The number of hydrogen-bond acceptors (Lipinski definition) is 5. The van der Waals surface area contributed by atoms with Crippen LogP contribution in [0.1, 0.15) is 278 Å². The molecule has 0 heterocycles. The maximum Gasteiger partial charge on any atom is 0.306 e. The molecular formula is C59H106O5. The van der Waals surface area contributed by atoms with Crippen LogP contribution in [0.5, 0.6) is 0 Å². The van der Waals surface area contributed by atoms with Crippen LogP contribution in [-0.2, 0) is 23.8 Å². The van der Waals surface area contributed by atoms with Gasteiger partial charge < -0.3 is 14.2 Å². The van der Waals surface area contributed by atoms with Gasteiger partial charge in [0, 0.05) is 19.4 Å². The summed E-state index contributed by atoms with van der Waals surface area (Å²) in [5.74, 6) is -0.437. The topological polar surface area (TPSA) is 61.8 Å². The summed E-state index contributed by atoms with van der Waals surface area (Å²) in [7, 11) is 0. The Hall–Kier alpha value is -2.40. The third kappa shape index (κ3) is 52.2. The fraction of sp³-hybridized carbons (Fsp3) is 0.797. The Morgan fingerprint density at radius 1 is 0.359 bits per heavy atom. The zero-order chi connectivity index (χ0) is 46.3. The molecule has 0 saturated heterocycles. The molecule has 0 N–H and O–H groups in total. The standard InChI is InChI=1S/C59H106O5/c1-4-7-10-13-16-19-22-25-27-28-29-30-31-33-36-39-42-45-48-51-54-62-55-57(64-59(61)53-50-47-44-41-38-34-24-21-18-15-12-9-6-3)56-63-58(60)52-49-46-43-40-37-35-32-26-23-20-17-14-11-8-5-2/h9,12,17-18,20-21,26,32,34,38,57H,4-8,10-11,13-16,19,22-25,27-31,33,35-37,39-56H2,1-3H3/b12-9-,20-17-,21-18-,32-26-,38-34-. The Balaban J connectivity index is 4.25. The van der Waals surface area contributed by atoms with Crippen molar-refractivity contribution >= 4 is 11.9 Å². The van der Waals surface area contributed by atoms with Gasteiger partial charge in [0.1, 0.15) is 6.61 Å². The molecule has 0 radical (unpaired) electrons. The van der Waals surface area contributed by atoms with E-state index in [0.717, 1.165) is 89.9 Å². The number of hydrogen-bond donors (Lipinski definition) is 0. The third-order valence-corrected chi connectivity index (χ3v) is 12.0. The predicted molar refractivity (Wildman–Crippen MR) is 279 cm³/mol. The van der Waals surface area contributed by atoms with Crippen LogP contribution in [0, 0.1) is 0 Å². The highest BCUT2D eigenvalue weighted by atomic mass is 16.6. The second-order valence-electron chi connectivity index (χ2n) is 18.5. The van der Waals surface area contributed by atoms with E-state index in [1.165, 1.54) is 154 Å². The lowest BCUT2D eigenvalue weighted by Gasteiger charge is -2.18. The van der Waals surface area contributed by atoms with E-state index in [9.17, 15) is 9.59 Å². The number of unbranched alkanes of at least 4 members (excludes halogenated alkanes) is 30. The van der Waals surface area contributed by atoms with Gasteiger partial charge in [-0.15, -0.1) is 0 Å². The molecule has 5 nitrogen and oxygen atoms in total. The van der Waals surface area contributed by atoms with Crippen molar-refractivity contribution in [3.63, 3.8) is 0 Å². The van der Waals surface area contributed by atoms with Crippen molar-refractivity contribution in [3.8, 4) is 0 Å². The van der Waals surface area contributed by atoms with E-state index in [1.807, 2.05) is 0 Å². The summed E-state index contributed by atoms with van der Waals surface area (Å²) in [4.78, 5) is 25.4. The van der Waals surface area contributed by atoms with E-state index in [-0.39, 0.29) is 25.2 Å². The van der Waals surface area contributed by atoms with Crippen LogP contribution in [0.15, 0.2) is 60.8 Å². The van der Waals surface area contributed by atoms with Gasteiger partial charge in [-0.1, -0.05) is 242 Å². The van der Waals surface area contributed by atoms with Crippen molar-refractivity contribution in [2.75, 3.05) is 19.8 Å². The van der Waals surface area contributed by atoms with Gasteiger partial charge in [0.25, 0.3) is 0 Å². The molecule has 0 aliphatic heterocycles. The summed E-state index contributed by atoms with van der Waals surface area (Å²) >= 11 is 0. The highest BCUT2D eigenvalue weighted by Gasteiger charge is 2.17. The summed E-state index contributed by atoms with van der Waals surface area (Å²) in [6, 6.07) is 0. The molecule has 0 saturated carbocycles. The van der Waals surface area contributed by atoms with Crippen molar-refractivity contribution in [2.45, 2.75) is 284 Å². The number of esters is 2. The van der Waals surface area contributed by atoms with Gasteiger partial charge in [-0.3, -0.25) is 9.59 Å². The maximum absolute atomic E-state index is 12.8. The monoisotopic (exact) mass is 895 g/mol. The zero-order valence-corrected chi connectivity index (χ0v) is 42.8. The van der Waals surface area contributed by atoms with Crippen LogP contribution in [0.3, 0.4) is 0 Å². The molecule has 0 bridgehead atoms. The molecule has 1 atom stereocenters. The first-order valence-corrected chi connectivity index (χ1v) is 27.8. The Labute approximate surface area is 398 Å². The summed E-state index contributed by atoms with van der Waals surface area (Å²) in [6.07, 6.45) is 69.6. The van der Waals surface area contributed by atoms with Crippen LogP contribution in [0.2, 0.25) is 0 Å². The smallest absolute Gasteiger partial charge is 0.306 e. The van der Waals surface area contributed by atoms with E-state index in [1.54, 1.807) is 0 Å². The molecule has 64 heavy (non-hydrogen) atoms. The molecule has 0 aromatic rings. The number of allylic oxidation sites excluding steroid dienone is 10. The lowest BCUT2D eigenvalue weighted by molar-refractivity contribution is -0.163. The van der Waals surface area contributed by atoms with Crippen molar-refractivity contribution in [1.29, 1.82) is 0 Å². The van der Waals surface area contributed by atoms with Crippen LogP contribution in [0.4, 0.5) is 0 Å². The summed E-state index contributed by atoms with van der Waals surface area (Å²) in [5.41, 5.74) is 0. The minimum Gasteiger partial charge on any atom is -0.462 e. The highest BCUT2D eigenvalue weighted by Crippen LogP contribution is 2.16. The van der Waals surface area contributed by atoms with E-state index in [2.05, 4.69) is 81.5 Å². The maximum atomic E-state index is 12.8. The molecule has 0 aliphatic carbocycles. The lowest BCUT2D eigenvalue weighted by Crippen LogP contribution is -2.30. The SMILES string of the molecule is CC/C=C\C/C=C\C/C=C\CCCCCC(=O)OC(COCCCCCCCCCCCCCCCCCCCCCC)COC(=O)CCCCCCC/C=C\C/C=C\CCCCC. The molecule has 0 spiro atoms. The largest absolute Gasteiger partial charge is 0.462 e. The highest BCUT2D eigenvalue weighted by molar-refractivity contribution is 5.70. The number of carbonyl (C=O) groups excluding carboxylic acids is 2. The van der Waals surface area contributed by atoms with E-state index in [0.29, 0.717) is 19.4 Å². The number of ether oxygens (including phenoxy) is 3. The molecule has 372 valence electrons. The molecule has 1 unspecified atom stereocenters. The molecule has 0 amide bonds. The van der Waals surface area contributed by atoms with Gasteiger partial charge in [0.2, 0.25) is 0 Å². The van der Waals surface area contributed by atoms with Crippen LogP contribution in [-0.4, -0.2) is 37.9 Å². The first kappa shape index (κ1) is 61.6. The van der Waals surface area contributed by atoms with Crippen LogP contribution >= 0.6 is 0 Å². The van der Waals surface area contributed by atoms with Gasteiger partial charge in [-0.2, -0.15) is 0 Å². The Bertz CT molecular complexity index is 1100. The summed E-state index contributed by atoms with van der Waals surface area (Å²) in [6.45, 7) is 7.68. The van der Waals surface area contributed by atoms with Gasteiger partial charge in [0.05, 0.1) is 6.61 Å². The summed E-state index contributed by atoms with van der Waals surface area (Å²) < 4.78 is 17.4. The average Bonchev–Trinajstić information content (AvgIpc) is 3.30. The van der Waals surface area contributed by atoms with Crippen molar-refractivity contribution in [3.05, 3.63) is 60.8 Å². The minimum atomic E-state index is -0.556. The van der Waals surface area contributed by atoms with Crippen molar-refractivity contribution < 1.29 is 23.8 Å². The van der Waals surface area contributed by atoms with Crippen LogP contribution < -0.4 is 0 Å². The van der Waals surface area contributed by atoms with Crippen molar-refractivity contribution in [2.24, 2.45) is 0 Å². The van der Waals surface area contributed by atoms with Gasteiger partial charge in [-0.25, -0.2) is 0 Å². The second kappa shape index (κ2) is 54.9.